The Morgan fingerprint density at radius 1 is 0.762 bits per heavy atom. The molecule has 0 spiro atoms. The van der Waals surface area contributed by atoms with E-state index in [0.717, 1.165) is 35.5 Å². The molecule has 0 radical (unpaired) electrons. The summed E-state index contributed by atoms with van der Waals surface area (Å²) in [5, 5.41) is 0. The molecule has 0 saturated heterocycles. The molecule has 0 amide bonds. The Hall–Kier alpha value is 0. The number of hydrogen-bond donors (Lipinski definition) is 0. The van der Waals surface area contributed by atoms with Crippen LogP contribution in [0.2, 0.25) is 0 Å². The second-order valence-electron chi connectivity index (χ2n) is 9.51. The van der Waals surface area contributed by atoms with Gasteiger partial charge in [0.15, 0.2) is 0 Å². The Labute approximate surface area is 132 Å². The summed E-state index contributed by atoms with van der Waals surface area (Å²) >= 11 is 0. The van der Waals surface area contributed by atoms with E-state index in [9.17, 15) is 0 Å². The maximum absolute atomic E-state index is 2.66. The molecule has 0 heterocycles. The van der Waals surface area contributed by atoms with E-state index >= 15 is 0 Å². The summed E-state index contributed by atoms with van der Waals surface area (Å²) in [7, 11) is 0. The lowest BCUT2D eigenvalue weighted by atomic mass is 9.54. The van der Waals surface area contributed by atoms with Crippen molar-refractivity contribution in [2.45, 2.75) is 90.9 Å². The predicted molar refractivity (Wildman–Crippen MR) is 90.1 cm³/mol. The van der Waals surface area contributed by atoms with Crippen molar-refractivity contribution in [2.24, 2.45) is 40.9 Å². The molecular weight excluding hydrogens is 252 g/mol. The summed E-state index contributed by atoms with van der Waals surface area (Å²) in [4.78, 5) is 0. The highest BCUT2D eigenvalue weighted by molar-refractivity contribution is 5.01. The molecule has 0 bridgehead atoms. The zero-order chi connectivity index (χ0) is 14.4. The lowest BCUT2D eigenvalue weighted by Crippen LogP contribution is -2.43. The molecule has 21 heavy (non-hydrogen) atoms. The van der Waals surface area contributed by atoms with Gasteiger partial charge in [0.1, 0.15) is 0 Å². The van der Waals surface area contributed by atoms with Crippen molar-refractivity contribution < 1.29 is 0 Å². The first-order chi connectivity index (χ1) is 10.2. The topological polar surface area (TPSA) is 0 Å². The Balaban J connectivity index is 1.53. The highest BCUT2D eigenvalue weighted by Gasteiger charge is 2.51. The van der Waals surface area contributed by atoms with E-state index in [4.69, 9.17) is 0 Å². The third-order valence-corrected chi connectivity index (χ3v) is 8.76. The first-order valence-corrected chi connectivity index (χ1v) is 10.2. The van der Waals surface area contributed by atoms with Crippen molar-refractivity contribution in [2.75, 3.05) is 0 Å². The van der Waals surface area contributed by atoms with Gasteiger partial charge in [-0.1, -0.05) is 52.4 Å². The Morgan fingerprint density at radius 2 is 1.43 bits per heavy atom. The first kappa shape index (κ1) is 14.6. The minimum Gasteiger partial charge on any atom is -0.0617 e. The van der Waals surface area contributed by atoms with Gasteiger partial charge in [-0.15, -0.1) is 0 Å². The smallest absolute Gasteiger partial charge is 0.0297 e. The van der Waals surface area contributed by atoms with Crippen molar-refractivity contribution in [3.63, 3.8) is 0 Å². The molecule has 6 atom stereocenters. The Kier molecular flexibility index (Phi) is 3.87. The molecule has 0 aromatic carbocycles. The van der Waals surface area contributed by atoms with Crippen LogP contribution in [0.25, 0.3) is 0 Å². The van der Waals surface area contributed by atoms with E-state index < -0.39 is 0 Å². The standard InChI is InChI=1S/C21H36/c1-15(21(2)13-4-3-5-14-21)18-11-9-16-7-6-8-17-10-12-19(18)20(16)17/h15-20H,3-14H2,1-2H3. The summed E-state index contributed by atoms with van der Waals surface area (Å²) in [5.74, 6) is 6.64. The summed E-state index contributed by atoms with van der Waals surface area (Å²) in [6.07, 6.45) is 18.6. The molecular formula is C21H36. The van der Waals surface area contributed by atoms with Crippen LogP contribution in [-0.2, 0) is 0 Å². The lowest BCUT2D eigenvalue weighted by Gasteiger charge is -2.51. The van der Waals surface area contributed by atoms with Gasteiger partial charge in [-0.3, -0.25) is 0 Å². The molecule has 4 aliphatic carbocycles. The van der Waals surface area contributed by atoms with Crippen LogP contribution < -0.4 is 0 Å². The molecule has 0 aromatic heterocycles. The monoisotopic (exact) mass is 288 g/mol. The van der Waals surface area contributed by atoms with E-state index in [1.165, 1.54) is 32.1 Å². The van der Waals surface area contributed by atoms with Crippen molar-refractivity contribution in [3.05, 3.63) is 0 Å². The van der Waals surface area contributed by atoms with E-state index in [2.05, 4.69) is 13.8 Å². The fraction of sp³-hybridized carbons (Fsp3) is 1.00. The van der Waals surface area contributed by atoms with Gasteiger partial charge in [0.2, 0.25) is 0 Å². The maximum Gasteiger partial charge on any atom is -0.0297 e. The van der Waals surface area contributed by atoms with Crippen LogP contribution >= 0.6 is 0 Å². The largest absolute Gasteiger partial charge is 0.0617 e. The third-order valence-electron chi connectivity index (χ3n) is 8.76. The lowest BCUT2D eigenvalue weighted by molar-refractivity contribution is -0.0162. The summed E-state index contributed by atoms with van der Waals surface area (Å²) in [6, 6.07) is 0. The molecule has 0 aromatic rings. The molecule has 0 aliphatic heterocycles. The number of hydrogen-bond acceptors (Lipinski definition) is 0. The van der Waals surface area contributed by atoms with Crippen molar-refractivity contribution in [3.8, 4) is 0 Å². The van der Waals surface area contributed by atoms with Crippen LogP contribution in [-0.4, -0.2) is 0 Å². The fourth-order valence-corrected chi connectivity index (χ4v) is 7.46. The van der Waals surface area contributed by atoms with Gasteiger partial charge in [-0.05, 0) is 79.4 Å². The summed E-state index contributed by atoms with van der Waals surface area (Å²) in [6.45, 7) is 5.31. The minimum atomic E-state index is 0.683. The molecule has 4 fully saturated rings. The van der Waals surface area contributed by atoms with E-state index in [0.29, 0.717) is 5.41 Å². The van der Waals surface area contributed by atoms with Gasteiger partial charge < -0.3 is 0 Å². The van der Waals surface area contributed by atoms with Crippen LogP contribution in [0.4, 0.5) is 0 Å². The van der Waals surface area contributed by atoms with Gasteiger partial charge >= 0.3 is 0 Å². The highest BCUT2D eigenvalue weighted by atomic mass is 14.6. The third kappa shape index (κ3) is 2.40. The predicted octanol–water partition coefficient (Wildman–Crippen LogP) is 6.45. The Morgan fingerprint density at radius 3 is 2.14 bits per heavy atom. The van der Waals surface area contributed by atoms with Crippen LogP contribution in [0.5, 0.6) is 0 Å². The molecule has 0 nitrogen and oxygen atoms in total. The average Bonchev–Trinajstić information content (AvgIpc) is 2.94. The summed E-state index contributed by atoms with van der Waals surface area (Å²) in [5.41, 5.74) is 0.683. The first-order valence-electron chi connectivity index (χ1n) is 10.2. The fourth-order valence-electron chi connectivity index (χ4n) is 7.46. The van der Waals surface area contributed by atoms with E-state index in [1.54, 1.807) is 44.9 Å². The SMILES string of the molecule is CC(C1CCC2CCCC3CCC1C32)C1(C)CCCCC1. The van der Waals surface area contributed by atoms with E-state index in [-0.39, 0.29) is 0 Å². The molecule has 6 unspecified atom stereocenters. The van der Waals surface area contributed by atoms with Crippen LogP contribution in [0.3, 0.4) is 0 Å². The Bertz CT molecular complexity index is 362. The van der Waals surface area contributed by atoms with Crippen LogP contribution in [0.1, 0.15) is 90.9 Å². The highest BCUT2D eigenvalue weighted by Crippen LogP contribution is 2.60. The quantitative estimate of drug-likeness (QED) is 0.548. The van der Waals surface area contributed by atoms with Gasteiger partial charge in [0, 0.05) is 0 Å². The average molecular weight is 289 g/mol. The molecule has 4 aliphatic rings. The molecule has 120 valence electrons. The van der Waals surface area contributed by atoms with Gasteiger partial charge in [-0.25, -0.2) is 0 Å². The van der Waals surface area contributed by atoms with Crippen LogP contribution in [0.15, 0.2) is 0 Å². The molecule has 0 N–H and O–H groups in total. The minimum absolute atomic E-state index is 0.683. The zero-order valence-corrected chi connectivity index (χ0v) is 14.4. The van der Waals surface area contributed by atoms with Gasteiger partial charge in [0.05, 0.1) is 0 Å². The summed E-state index contributed by atoms with van der Waals surface area (Å²) < 4.78 is 0. The molecule has 4 saturated carbocycles. The maximum atomic E-state index is 2.66. The number of rotatable bonds is 2. The van der Waals surface area contributed by atoms with Gasteiger partial charge in [0.25, 0.3) is 0 Å². The van der Waals surface area contributed by atoms with Crippen molar-refractivity contribution in [1.29, 1.82) is 0 Å². The second kappa shape index (κ2) is 5.57. The van der Waals surface area contributed by atoms with E-state index in [1.807, 2.05) is 0 Å². The molecule has 4 rings (SSSR count). The molecule has 0 heteroatoms. The van der Waals surface area contributed by atoms with Crippen LogP contribution in [0, 0.1) is 40.9 Å². The second-order valence-corrected chi connectivity index (χ2v) is 9.51. The van der Waals surface area contributed by atoms with Crippen molar-refractivity contribution >= 4 is 0 Å². The zero-order valence-electron chi connectivity index (χ0n) is 14.4. The van der Waals surface area contributed by atoms with Crippen molar-refractivity contribution in [1.82, 2.24) is 0 Å². The normalized spacial score (nSPS) is 46.9. The van der Waals surface area contributed by atoms with Gasteiger partial charge in [-0.2, -0.15) is 0 Å².